The van der Waals surface area contributed by atoms with Gasteiger partial charge in [0.1, 0.15) is 23.1 Å². The van der Waals surface area contributed by atoms with Gasteiger partial charge in [-0.1, -0.05) is 41.4 Å². The zero-order valence-corrected chi connectivity index (χ0v) is 23.5. The molecule has 1 heterocycles. The molecule has 2 aliphatic rings. The van der Waals surface area contributed by atoms with Crippen LogP contribution in [0.15, 0.2) is 60.3 Å². The van der Waals surface area contributed by atoms with Crippen LogP contribution in [0.3, 0.4) is 0 Å². The van der Waals surface area contributed by atoms with E-state index in [1.165, 1.54) is 53.3 Å². The van der Waals surface area contributed by atoms with Gasteiger partial charge in [0.2, 0.25) is 0 Å². The molecule has 210 valence electrons. The monoisotopic (exact) mass is 615 g/mol. The molecular formula is C29H21Cl2F2N3O4S. The summed E-state index contributed by atoms with van der Waals surface area (Å²) in [4.78, 5) is 13.4. The number of benzene rings is 3. The Kier molecular flexibility index (Phi) is 6.88. The van der Waals surface area contributed by atoms with Crippen molar-refractivity contribution in [2.45, 2.75) is 30.3 Å². The second kappa shape index (κ2) is 10.3. The fraction of sp³-hybridized carbons (Fsp3) is 0.172. The molecule has 0 radical (unpaired) electrons. The molecule has 0 atom stereocenters. The lowest BCUT2D eigenvalue weighted by atomic mass is 10.0. The third-order valence-electron chi connectivity index (χ3n) is 7.02. The Balaban J connectivity index is 1.24. The molecule has 4 aromatic rings. The molecule has 2 N–H and O–H groups in total. The first-order chi connectivity index (χ1) is 19.5. The van der Waals surface area contributed by atoms with Gasteiger partial charge in [0.25, 0.3) is 0 Å². The second-order valence-corrected chi connectivity index (χ2v) is 13.0. The smallest absolute Gasteiger partial charge is 0.194 e. The van der Waals surface area contributed by atoms with Crippen LogP contribution in [-0.2, 0) is 22.0 Å². The molecule has 7 nitrogen and oxygen atoms in total. The van der Waals surface area contributed by atoms with Crippen LogP contribution < -0.4 is 10.5 Å². The number of nitrogen functional groups attached to an aromatic ring is 1. The minimum Gasteiger partial charge on any atom is -0.454 e. The summed E-state index contributed by atoms with van der Waals surface area (Å²) in [6, 6.07) is 11.5. The number of Topliss-reactive ketones (excluding diaryl/α,β-unsaturated/α-hetero) is 1. The van der Waals surface area contributed by atoms with Gasteiger partial charge >= 0.3 is 0 Å². The Morgan fingerprint density at radius 3 is 2.46 bits per heavy atom. The third-order valence-corrected chi connectivity index (χ3v) is 9.79. The number of fused-ring (bicyclic) bond motifs is 1. The number of nitrogens with two attached hydrogens (primary N) is 1. The van der Waals surface area contributed by atoms with Crippen LogP contribution >= 0.6 is 23.2 Å². The standard InChI is InChI=1S/C29H21Cl2F2N3O4S/c30-22-11-19(40-26-4-2-1-3-24(26)32)12-23(31)27(22)36-29(34)21(13-35-36)28(37)17-7-15-9-18(25(33)10-16(15)8-17)14-41(38,39)20-5-6-20/h1-4,8-13,20H,5-7,14,34H2. The summed E-state index contributed by atoms with van der Waals surface area (Å²) >= 11 is 12.9. The van der Waals surface area contributed by atoms with Crippen molar-refractivity contribution < 1.29 is 26.7 Å². The number of para-hydroxylation sites is 1. The number of nitrogens with zero attached hydrogens (tertiary/aromatic N) is 2. The van der Waals surface area contributed by atoms with Crippen LogP contribution in [0, 0.1) is 11.6 Å². The SMILES string of the molecule is Nc1c(C(=O)C2=Cc3cc(F)c(CS(=O)(=O)C4CC4)cc3C2)cnn1-c1c(Cl)cc(Oc2ccccc2F)cc1Cl. The van der Waals surface area contributed by atoms with Gasteiger partial charge in [0, 0.05) is 29.7 Å². The third kappa shape index (κ3) is 5.23. The van der Waals surface area contributed by atoms with E-state index in [2.05, 4.69) is 5.10 Å². The van der Waals surface area contributed by atoms with E-state index >= 15 is 0 Å². The fourth-order valence-electron chi connectivity index (χ4n) is 4.78. The Labute approximate surface area is 244 Å². The van der Waals surface area contributed by atoms with Gasteiger partial charge in [-0.3, -0.25) is 4.79 Å². The average Bonchev–Trinajstić information content (AvgIpc) is 3.61. The highest BCUT2D eigenvalue weighted by Gasteiger charge is 2.36. The van der Waals surface area contributed by atoms with Crippen molar-refractivity contribution in [3.63, 3.8) is 0 Å². The van der Waals surface area contributed by atoms with Crippen molar-refractivity contribution in [1.82, 2.24) is 9.78 Å². The number of carbonyl (C=O) groups is 1. The van der Waals surface area contributed by atoms with Crippen LogP contribution in [-0.4, -0.2) is 29.2 Å². The Morgan fingerprint density at radius 1 is 1.07 bits per heavy atom. The summed E-state index contributed by atoms with van der Waals surface area (Å²) in [5.41, 5.74) is 8.18. The predicted molar refractivity (Wildman–Crippen MR) is 153 cm³/mol. The van der Waals surface area contributed by atoms with Gasteiger partial charge in [-0.25, -0.2) is 21.9 Å². The van der Waals surface area contributed by atoms with Crippen LogP contribution in [0.25, 0.3) is 11.8 Å². The molecule has 0 amide bonds. The maximum absolute atomic E-state index is 14.7. The minimum atomic E-state index is -3.41. The summed E-state index contributed by atoms with van der Waals surface area (Å²) in [5, 5.41) is 4.00. The van der Waals surface area contributed by atoms with E-state index in [0.717, 1.165) is 0 Å². The fourth-order valence-corrected chi connectivity index (χ4v) is 7.15. The number of allylic oxidation sites excluding steroid dienone is 1. The number of carbonyl (C=O) groups excluding carboxylic acids is 1. The first-order valence-corrected chi connectivity index (χ1v) is 15.0. The van der Waals surface area contributed by atoms with Crippen molar-refractivity contribution in [3.8, 4) is 17.2 Å². The lowest BCUT2D eigenvalue weighted by Gasteiger charge is -2.13. The molecule has 3 aromatic carbocycles. The molecule has 0 unspecified atom stereocenters. The summed E-state index contributed by atoms with van der Waals surface area (Å²) in [7, 11) is -3.41. The Morgan fingerprint density at radius 2 is 1.78 bits per heavy atom. The van der Waals surface area contributed by atoms with Gasteiger partial charge in [-0.2, -0.15) is 5.10 Å². The second-order valence-electron chi connectivity index (χ2n) is 9.95. The Hall–Kier alpha value is -3.73. The zero-order chi connectivity index (χ0) is 29.1. The molecule has 12 heteroatoms. The highest BCUT2D eigenvalue weighted by Crippen LogP contribution is 2.38. The summed E-state index contributed by atoms with van der Waals surface area (Å²) in [5.74, 6) is -1.84. The number of halogens is 4. The molecule has 1 aromatic heterocycles. The molecule has 0 aliphatic heterocycles. The van der Waals surface area contributed by atoms with Crippen LogP contribution in [0.2, 0.25) is 10.0 Å². The normalized spacial score (nSPS) is 14.6. The van der Waals surface area contributed by atoms with Crippen LogP contribution in [0.1, 0.15) is 39.9 Å². The minimum absolute atomic E-state index is 0.0127. The Bertz CT molecular complexity index is 1860. The quantitative estimate of drug-likeness (QED) is 0.220. The molecule has 1 fully saturated rings. The van der Waals surface area contributed by atoms with Crippen molar-refractivity contribution in [2.75, 3.05) is 5.73 Å². The van der Waals surface area contributed by atoms with Gasteiger partial charge in [0.15, 0.2) is 27.2 Å². The number of hydrogen-bond acceptors (Lipinski definition) is 6. The molecule has 0 saturated heterocycles. The van der Waals surface area contributed by atoms with E-state index in [9.17, 15) is 22.0 Å². The molecule has 2 aliphatic carbocycles. The highest BCUT2D eigenvalue weighted by atomic mass is 35.5. The summed E-state index contributed by atoms with van der Waals surface area (Å²) in [6.07, 6.45) is 4.23. The largest absolute Gasteiger partial charge is 0.454 e. The summed E-state index contributed by atoms with van der Waals surface area (Å²) in [6.45, 7) is 0. The van der Waals surface area contributed by atoms with Gasteiger partial charge in [-0.05, 0) is 48.2 Å². The van der Waals surface area contributed by atoms with Crippen molar-refractivity contribution >= 4 is 50.7 Å². The highest BCUT2D eigenvalue weighted by molar-refractivity contribution is 7.91. The average molecular weight is 616 g/mol. The first-order valence-electron chi connectivity index (χ1n) is 12.6. The van der Waals surface area contributed by atoms with Gasteiger partial charge < -0.3 is 10.5 Å². The number of ether oxygens (including phenoxy) is 1. The number of ketones is 1. The molecule has 1 saturated carbocycles. The predicted octanol–water partition coefficient (Wildman–Crippen LogP) is 6.73. The summed E-state index contributed by atoms with van der Waals surface area (Å²) < 4.78 is 60.3. The number of sulfone groups is 1. The maximum atomic E-state index is 14.7. The lowest BCUT2D eigenvalue weighted by molar-refractivity contribution is 0.103. The van der Waals surface area contributed by atoms with E-state index in [-0.39, 0.29) is 56.4 Å². The van der Waals surface area contributed by atoms with Crippen molar-refractivity contribution in [2.24, 2.45) is 0 Å². The van der Waals surface area contributed by atoms with Crippen molar-refractivity contribution in [3.05, 3.63) is 104 Å². The van der Waals surface area contributed by atoms with E-state index < -0.39 is 32.5 Å². The number of anilines is 1. The van der Waals surface area contributed by atoms with Crippen LogP contribution in [0.5, 0.6) is 11.5 Å². The van der Waals surface area contributed by atoms with E-state index in [1.54, 1.807) is 12.1 Å². The number of aromatic nitrogens is 2. The van der Waals surface area contributed by atoms with Crippen molar-refractivity contribution in [1.29, 1.82) is 0 Å². The van der Waals surface area contributed by atoms with E-state index in [1.807, 2.05) is 0 Å². The number of rotatable bonds is 8. The van der Waals surface area contributed by atoms with Crippen LogP contribution in [0.4, 0.5) is 14.6 Å². The first kappa shape index (κ1) is 27.4. The van der Waals surface area contributed by atoms with Gasteiger partial charge in [0.05, 0.1) is 32.8 Å². The maximum Gasteiger partial charge on any atom is 0.194 e. The zero-order valence-electron chi connectivity index (χ0n) is 21.2. The molecule has 0 bridgehead atoms. The number of hydrogen-bond donors (Lipinski definition) is 1. The van der Waals surface area contributed by atoms with Gasteiger partial charge in [-0.15, -0.1) is 0 Å². The topological polar surface area (TPSA) is 104 Å². The van der Waals surface area contributed by atoms with E-state index in [4.69, 9.17) is 33.7 Å². The molecule has 0 spiro atoms. The van der Waals surface area contributed by atoms with E-state index in [0.29, 0.717) is 29.5 Å². The molecular weight excluding hydrogens is 595 g/mol. The molecule has 6 rings (SSSR count). The lowest BCUT2D eigenvalue weighted by Crippen LogP contribution is -2.11. The molecule has 41 heavy (non-hydrogen) atoms.